The molecule has 158 valence electrons. The smallest absolute Gasteiger partial charge is 0.261 e. The molecule has 0 bridgehead atoms. The summed E-state index contributed by atoms with van der Waals surface area (Å²) in [5.41, 5.74) is 2.52. The molecule has 0 spiro atoms. The standard InChI is InChI=1S/C23H23N5O2S/c1-16-5-4-6-17-22(16)24-15-28(23(17)30)14-21(29)27-11-9-26(10-12-27)13-20-25-18-7-2-3-8-19(18)31-20/h2-8,15H,9-14H2,1H3. The third-order valence-electron chi connectivity index (χ3n) is 5.78. The predicted molar refractivity (Wildman–Crippen MR) is 122 cm³/mol. The molecular formula is C23H23N5O2S. The molecule has 1 aliphatic rings. The lowest BCUT2D eigenvalue weighted by Gasteiger charge is -2.34. The van der Waals surface area contributed by atoms with Crippen LogP contribution in [0.2, 0.25) is 0 Å². The number of nitrogens with zero attached hydrogens (tertiary/aromatic N) is 5. The molecule has 1 saturated heterocycles. The monoisotopic (exact) mass is 433 g/mol. The van der Waals surface area contributed by atoms with Crippen LogP contribution in [0, 0.1) is 6.92 Å². The van der Waals surface area contributed by atoms with Crippen molar-refractivity contribution >= 4 is 38.4 Å². The maximum Gasteiger partial charge on any atom is 0.261 e. The van der Waals surface area contributed by atoms with Crippen LogP contribution in [0.3, 0.4) is 0 Å². The van der Waals surface area contributed by atoms with Crippen LogP contribution in [0.15, 0.2) is 53.6 Å². The van der Waals surface area contributed by atoms with Gasteiger partial charge in [-0.1, -0.05) is 24.3 Å². The quantitative estimate of drug-likeness (QED) is 0.495. The Balaban J connectivity index is 1.21. The fourth-order valence-electron chi connectivity index (χ4n) is 4.03. The molecule has 31 heavy (non-hydrogen) atoms. The largest absolute Gasteiger partial charge is 0.339 e. The van der Waals surface area contributed by atoms with Gasteiger partial charge in [0.2, 0.25) is 5.91 Å². The van der Waals surface area contributed by atoms with Gasteiger partial charge in [-0.3, -0.25) is 19.1 Å². The molecule has 8 heteroatoms. The minimum atomic E-state index is -0.170. The van der Waals surface area contributed by atoms with Crippen LogP contribution in [-0.2, 0) is 17.9 Å². The number of para-hydroxylation sites is 2. The van der Waals surface area contributed by atoms with Gasteiger partial charge < -0.3 is 4.90 Å². The lowest BCUT2D eigenvalue weighted by molar-refractivity contribution is -0.133. The van der Waals surface area contributed by atoms with Crippen molar-refractivity contribution in [3.63, 3.8) is 0 Å². The van der Waals surface area contributed by atoms with E-state index < -0.39 is 0 Å². The third kappa shape index (κ3) is 3.96. The van der Waals surface area contributed by atoms with Gasteiger partial charge in [-0.2, -0.15) is 0 Å². The van der Waals surface area contributed by atoms with Gasteiger partial charge in [0.05, 0.1) is 34.0 Å². The topological polar surface area (TPSA) is 71.3 Å². The normalized spacial score (nSPS) is 15.1. The number of hydrogen-bond acceptors (Lipinski definition) is 6. The lowest BCUT2D eigenvalue weighted by atomic mass is 10.1. The Morgan fingerprint density at radius 1 is 1.06 bits per heavy atom. The zero-order chi connectivity index (χ0) is 21.4. The number of piperazine rings is 1. The number of rotatable bonds is 4. The zero-order valence-corrected chi connectivity index (χ0v) is 18.1. The van der Waals surface area contributed by atoms with Crippen molar-refractivity contribution in [1.82, 2.24) is 24.3 Å². The second-order valence-electron chi connectivity index (χ2n) is 7.88. The number of hydrogen-bond donors (Lipinski definition) is 0. The molecule has 0 radical (unpaired) electrons. The highest BCUT2D eigenvalue weighted by molar-refractivity contribution is 7.18. The van der Waals surface area contributed by atoms with E-state index in [-0.39, 0.29) is 18.0 Å². The molecule has 1 fully saturated rings. The molecule has 0 unspecified atom stereocenters. The van der Waals surface area contributed by atoms with E-state index in [0.29, 0.717) is 24.0 Å². The Hall–Kier alpha value is -3.10. The van der Waals surface area contributed by atoms with Crippen molar-refractivity contribution < 1.29 is 4.79 Å². The molecule has 7 nitrogen and oxygen atoms in total. The van der Waals surface area contributed by atoms with Crippen molar-refractivity contribution in [1.29, 1.82) is 0 Å². The van der Waals surface area contributed by atoms with E-state index in [1.807, 2.05) is 42.2 Å². The lowest BCUT2D eigenvalue weighted by Crippen LogP contribution is -2.49. The summed E-state index contributed by atoms with van der Waals surface area (Å²) in [6.45, 7) is 5.65. The minimum Gasteiger partial charge on any atom is -0.339 e. The molecular weight excluding hydrogens is 410 g/mol. The minimum absolute atomic E-state index is 0.0214. The second-order valence-corrected chi connectivity index (χ2v) is 9.00. The van der Waals surface area contributed by atoms with E-state index in [2.05, 4.69) is 16.0 Å². The van der Waals surface area contributed by atoms with Crippen molar-refractivity contribution in [3.8, 4) is 0 Å². The summed E-state index contributed by atoms with van der Waals surface area (Å²) in [6.07, 6.45) is 1.49. The number of carbonyl (C=O) groups excluding carboxylic acids is 1. The molecule has 0 N–H and O–H groups in total. The van der Waals surface area contributed by atoms with Crippen molar-refractivity contribution in [2.45, 2.75) is 20.0 Å². The molecule has 1 amide bonds. The number of thiazole rings is 1. The fourth-order valence-corrected chi connectivity index (χ4v) is 5.04. The van der Waals surface area contributed by atoms with Gasteiger partial charge >= 0.3 is 0 Å². The molecule has 3 heterocycles. The Morgan fingerprint density at radius 3 is 2.68 bits per heavy atom. The van der Waals surface area contributed by atoms with Crippen LogP contribution >= 0.6 is 11.3 Å². The zero-order valence-electron chi connectivity index (χ0n) is 17.3. The van der Waals surface area contributed by atoms with Gasteiger partial charge in [-0.05, 0) is 30.7 Å². The van der Waals surface area contributed by atoms with Gasteiger partial charge in [-0.15, -0.1) is 11.3 Å². The van der Waals surface area contributed by atoms with E-state index in [4.69, 9.17) is 4.98 Å². The van der Waals surface area contributed by atoms with Crippen LogP contribution in [0.4, 0.5) is 0 Å². The Morgan fingerprint density at radius 2 is 1.87 bits per heavy atom. The molecule has 5 rings (SSSR count). The summed E-state index contributed by atoms with van der Waals surface area (Å²) in [6, 6.07) is 13.7. The maximum atomic E-state index is 12.8. The van der Waals surface area contributed by atoms with Crippen molar-refractivity contribution in [2.75, 3.05) is 26.2 Å². The highest BCUT2D eigenvalue weighted by Crippen LogP contribution is 2.23. The third-order valence-corrected chi connectivity index (χ3v) is 6.80. The van der Waals surface area contributed by atoms with Crippen molar-refractivity contribution in [3.05, 3.63) is 69.7 Å². The molecule has 0 saturated carbocycles. The van der Waals surface area contributed by atoms with E-state index >= 15 is 0 Å². The van der Waals surface area contributed by atoms with Gasteiger partial charge in [-0.25, -0.2) is 9.97 Å². The highest BCUT2D eigenvalue weighted by Gasteiger charge is 2.22. The molecule has 0 aliphatic carbocycles. The van der Waals surface area contributed by atoms with E-state index in [1.54, 1.807) is 17.4 Å². The summed E-state index contributed by atoms with van der Waals surface area (Å²) < 4.78 is 2.62. The number of aryl methyl sites for hydroxylation is 1. The first kappa shape index (κ1) is 19.8. The second kappa shape index (κ2) is 8.20. The molecule has 2 aromatic heterocycles. The first-order valence-corrected chi connectivity index (χ1v) is 11.2. The van der Waals surface area contributed by atoms with Crippen LogP contribution < -0.4 is 5.56 Å². The van der Waals surface area contributed by atoms with Gasteiger partial charge in [0.15, 0.2) is 0 Å². The molecule has 4 aromatic rings. The van der Waals surface area contributed by atoms with Gasteiger partial charge in [0.25, 0.3) is 5.56 Å². The van der Waals surface area contributed by atoms with Crippen LogP contribution in [0.5, 0.6) is 0 Å². The Labute approximate surface area is 183 Å². The number of fused-ring (bicyclic) bond motifs is 2. The first-order chi connectivity index (χ1) is 15.1. The molecule has 1 aliphatic heterocycles. The van der Waals surface area contributed by atoms with E-state index in [1.165, 1.54) is 15.6 Å². The molecule has 0 atom stereocenters. The number of benzene rings is 2. The Kier molecular flexibility index (Phi) is 5.25. The van der Waals surface area contributed by atoms with E-state index in [0.717, 1.165) is 35.7 Å². The summed E-state index contributed by atoms with van der Waals surface area (Å²) >= 11 is 1.72. The highest BCUT2D eigenvalue weighted by atomic mass is 32.1. The SMILES string of the molecule is Cc1cccc2c(=O)n(CC(=O)N3CCN(Cc4nc5ccccc5s4)CC3)cnc12. The van der Waals surface area contributed by atoms with Gasteiger partial charge in [0.1, 0.15) is 11.6 Å². The Bertz CT molecular complexity index is 1290. The average Bonchev–Trinajstić information content (AvgIpc) is 3.19. The van der Waals surface area contributed by atoms with Crippen molar-refractivity contribution in [2.24, 2.45) is 0 Å². The number of carbonyl (C=O) groups is 1. The predicted octanol–water partition coefficient (Wildman–Crippen LogP) is 2.66. The van der Waals surface area contributed by atoms with Crippen LogP contribution in [0.1, 0.15) is 10.6 Å². The van der Waals surface area contributed by atoms with Crippen LogP contribution in [-0.4, -0.2) is 56.4 Å². The van der Waals surface area contributed by atoms with Gasteiger partial charge in [0, 0.05) is 26.2 Å². The number of aromatic nitrogens is 3. The summed E-state index contributed by atoms with van der Waals surface area (Å²) in [7, 11) is 0. The number of amides is 1. The van der Waals surface area contributed by atoms with E-state index in [9.17, 15) is 9.59 Å². The summed E-state index contributed by atoms with van der Waals surface area (Å²) in [5, 5.41) is 1.65. The maximum absolute atomic E-state index is 12.8. The summed E-state index contributed by atoms with van der Waals surface area (Å²) in [5.74, 6) is -0.0458. The molecule has 2 aromatic carbocycles. The summed E-state index contributed by atoms with van der Waals surface area (Å²) in [4.78, 5) is 38.8. The fraction of sp³-hybridized carbons (Fsp3) is 0.304. The van der Waals surface area contributed by atoms with Crippen LogP contribution in [0.25, 0.3) is 21.1 Å². The average molecular weight is 434 g/mol. The first-order valence-electron chi connectivity index (χ1n) is 10.4.